The van der Waals surface area contributed by atoms with Crippen LogP contribution in [0, 0.1) is 6.92 Å². The second-order valence-corrected chi connectivity index (χ2v) is 9.24. The van der Waals surface area contributed by atoms with Gasteiger partial charge in [-0.1, -0.05) is 30.3 Å². The molecule has 1 saturated heterocycles. The fourth-order valence-electron chi connectivity index (χ4n) is 4.14. The van der Waals surface area contributed by atoms with Crippen LogP contribution >= 0.6 is 11.3 Å². The van der Waals surface area contributed by atoms with Gasteiger partial charge in [-0.25, -0.2) is 14.5 Å². The average Bonchev–Trinajstić information content (AvgIpc) is 3.62. The summed E-state index contributed by atoms with van der Waals surface area (Å²) >= 11 is 1.00. The number of hydrogen-bond acceptors (Lipinski definition) is 10. The highest BCUT2D eigenvalue weighted by Gasteiger charge is 2.45. The molecule has 5 rings (SSSR count). The minimum atomic E-state index is -1.20. The van der Waals surface area contributed by atoms with E-state index in [0.717, 1.165) is 34.5 Å². The highest BCUT2D eigenvalue weighted by atomic mass is 32.1. The second-order valence-electron chi connectivity index (χ2n) is 8.39. The molecule has 1 fully saturated rings. The van der Waals surface area contributed by atoms with Crippen LogP contribution in [0.4, 0.5) is 14.7 Å². The molecule has 0 aliphatic carbocycles. The number of nitrogens with zero attached hydrogens (tertiary/aromatic N) is 2. The Morgan fingerprint density at radius 3 is 2.79 bits per heavy atom. The van der Waals surface area contributed by atoms with E-state index >= 15 is 0 Å². The molecule has 2 atom stereocenters. The van der Waals surface area contributed by atoms with Gasteiger partial charge < -0.3 is 29.6 Å². The van der Waals surface area contributed by atoms with Crippen LogP contribution in [0.3, 0.4) is 0 Å². The Bertz CT molecular complexity index is 1420. The number of amides is 4. The first-order chi connectivity index (χ1) is 18.3. The maximum Gasteiger partial charge on any atom is 0.514 e. The number of imide groups is 1. The van der Waals surface area contributed by atoms with E-state index < -0.39 is 36.1 Å². The molecule has 2 N–H and O–H groups in total. The molecule has 0 radical (unpaired) electrons. The van der Waals surface area contributed by atoms with Gasteiger partial charge >= 0.3 is 12.2 Å². The summed E-state index contributed by atoms with van der Waals surface area (Å²) in [5.74, 6) is -0.284. The number of urea groups is 1. The molecule has 3 aromatic rings. The molecule has 2 aliphatic rings. The first-order valence-electron chi connectivity index (χ1n) is 11.4. The molecule has 3 heterocycles. The van der Waals surface area contributed by atoms with Gasteiger partial charge in [-0.05, 0) is 35.7 Å². The van der Waals surface area contributed by atoms with Crippen LogP contribution in [0.1, 0.15) is 22.7 Å². The summed E-state index contributed by atoms with van der Waals surface area (Å²) in [4.78, 5) is 56.5. The summed E-state index contributed by atoms with van der Waals surface area (Å²) < 4.78 is 20.0. The van der Waals surface area contributed by atoms with Gasteiger partial charge in [0.05, 0.1) is 12.5 Å². The van der Waals surface area contributed by atoms with Crippen LogP contribution in [0.15, 0.2) is 47.8 Å². The third-order valence-electron chi connectivity index (χ3n) is 6.06. The topological polar surface area (TPSA) is 145 Å². The van der Waals surface area contributed by atoms with E-state index in [1.54, 1.807) is 18.2 Å². The Hall–Kier alpha value is -4.65. The largest absolute Gasteiger partial charge is 0.514 e. The predicted molar refractivity (Wildman–Crippen MR) is 133 cm³/mol. The van der Waals surface area contributed by atoms with Crippen molar-refractivity contribution in [2.45, 2.75) is 25.4 Å². The number of rotatable bonds is 7. The average molecular weight is 539 g/mol. The third kappa shape index (κ3) is 4.95. The number of anilines is 1. The van der Waals surface area contributed by atoms with E-state index in [2.05, 4.69) is 20.4 Å². The van der Waals surface area contributed by atoms with Crippen molar-refractivity contribution in [3.05, 3.63) is 64.5 Å². The standard InChI is InChI=1S/C25H22N4O8S/c1-13-5-3-4-6-14(13)9-16(21(30)28-23-26-19(11-38-23)37-25(33)34-2)29-22(31)20(27-24(29)32)15-7-8-17-18(10-15)36-12-35-17/h3-8,10-11,16,20H,9,12H2,1-2H3,(H,27,32)(H,26,28,30)/t16-,20?/m0/s1. The van der Waals surface area contributed by atoms with Gasteiger partial charge in [-0.15, -0.1) is 11.3 Å². The van der Waals surface area contributed by atoms with E-state index in [1.807, 2.05) is 31.2 Å². The summed E-state index contributed by atoms with van der Waals surface area (Å²) in [5.41, 5.74) is 2.18. The van der Waals surface area contributed by atoms with Gasteiger partial charge in [-0.2, -0.15) is 4.98 Å². The van der Waals surface area contributed by atoms with Crippen molar-refractivity contribution in [3.63, 3.8) is 0 Å². The SMILES string of the molecule is COC(=O)Oc1csc(NC(=O)[C@H](Cc2ccccc2C)N2C(=O)NC(c3ccc4c(c3)OCO4)C2=O)n1. The van der Waals surface area contributed by atoms with E-state index in [1.165, 1.54) is 5.38 Å². The van der Waals surface area contributed by atoms with E-state index in [-0.39, 0.29) is 24.2 Å². The Kier molecular flexibility index (Phi) is 6.83. The number of ether oxygens (including phenoxy) is 4. The number of fused-ring (bicyclic) bond motifs is 1. The van der Waals surface area contributed by atoms with Gasteiger partial charge in [0, 0.05) is 6.42 Å². The number of aryl methyl sites for hydroxylation is 1. The van der Waals surface area contributed by atoms with Crippen molar-refractivity contribution >= 4 is 40.5 Å². The number of thiazole rings is 1. The molecular formula is C25H22N4O8S. The summed E-state index contributed by atoms with van der Waals surface area (Å²) in [6, 6.07) is 9.41. The van der Waals surface area contributed by atoms with Crippen LogP contribution in [0.5, 0.6) is 17.4 Å². The zero-order chi connectivity index (χ0) is 26.8. The van der Waals surface area contributed by atoms with E-state index in [0.29, 0.717) is 17.1 Å². The van der Waals surface area contributed by atoms with E-state index in [9.17, 15) is 19.2 Å². The Morgan fingerprint density at radius 1 is 1.21 bits per heavy atom. The maximum absolute atomic E-state index is 13.6. The van der Waals surface area contributed by atoms with Crippen molar-refractivity contribution in [2.24, 2.45) is 0 Å². The van der Waals surface area contributed by atoms with Gasteiger partial charge in [0.1, 0.15) is 12.1 Å². The highest BCUT2D eigenvalue weighted by molar-refractivity contribution is 7.14. The van der Waals surface area contributed by atoms with E-state index in [4.69, 9.17) is 14.2 Å². The Balaban J connectivity index is 1.41. The molecule has 38 heavy (non-hydrogen) atoms. The minimum absolute atomic E-state index is 0.0644. The van der Waals surface area contributed by atoms with Gasteiger partial charge in [-0.3, -0.25) is 9.59 Å². The molecule has 2 aromatic carbocycles. The molecular weight excluding hydrogens is 516 g/mol. The lowest BCUT2D eigenvalue weighted by atomic mass is 9.99. The fourth-order valence-corrected chi connectivity index (χ4v) is 4.75. The van der Waals surface area contributed by atoms with Crippen LogP contribution in [-0.4, -0.2) is 53.8 Å². The monoisotopic (exact) mass is 538 g/mol. The van der Waals surface area contributed by atoms with Gasteiger partial charge in [0.25, 0.3) is 5.91 Å². The molecule has 12 nitrogen and oxygen atoms in total. The van der Waals surface area contributed by atoms with Crippen LogP contribution in [0.25, 0.3) is 0 Å². The maximum atomic E-state index is 13.6. The van der Waals surface area contributed by atoms with Crippen molar-refractivity contribution in [1.29, 1.82) is 0 Å². The lowest BCUT2D eigenvalue weighted by molar-refractivity contribution is -0.134. The Labute approximate surface area is 220 Å². The minimum Gasteiger partial charge on any atom is -0.454 e. The van der Waals surface area contributed by atoms with Crippen molar-refractivity contribution < 1.29 is 38.1 Å². The van der Waals surface area contributed by atoms with Crippen molar-refractivity contribution in [2.75, 3.05) is 19.2 Å². The quantitative estimate of drug-likeness (QED) is 0.342. The van der Waals surface area contributed by atoms with Crippen molar-refractivity contribution in [3.8, 4) is 17.4 Å². The third-order valence-corrected chi connectivity index (χ3v) is 6.79. The number of hydrogen-bond donors (Lipinski definition) is 2. The molecule has 0 spiro atoms. The first-order valence-corrected chi connectivity index (χ1v) is 12.3. The van der Waals surface area contributed by atoms with Crippen LogP contribution < -0.4 is 24.8 Å². The number of carbonyl (C=O) groups excluding carboxylic acids is 4. The summed E-state index contributed by atoms with van der Waals surface area (Å²) in [5, 5.41) is 6.82. The Morgan fingerprint density at radius 2 is 2.00 bits per heavy atom. The smallest absolute Gasteiger partial charge is 0.454 e. The van der Waals surface area contributed by atoms with Crippen molar-refractivity contribution in [1.82, 2.24) is 15.2 Å². The van der Waals surface area contributed by atoms with Gasteiger partial charge in [0.2, 0.25) is 18.6 Å². The normalized spacial score (nSPS) is 16.7. The number of methoxy groups -OCH3 is 1. The zero-order valence-corrected chi connectivity index (χ0v) is 21.1. The summed E-state index contributed by atoms with van der Waals surface area (Å²) in [7, 11) is 1.16. The predicted octanol–water partition coefficient (Wildman–Crippen LogP) is 3.17. The highest BCUT2D eigenvalue weighted by Crippen LogP contribution is 2.36. The number of nitrogens with one attached hydrogen (secondary N) is 2. The molecule has 2 aliphatic heterocycles. The lowest BCUT2D eigenvalue weighted by Crippen LogP contribution is -2.49. The summed E-state index contributed by atoms with van der Waals surface area (Å²) in [6.45, 7) is 1.94. The first kappa shape index (κ1) is 25.0. The molecule has 0 saturated carbocycles. The number of carbonyl (C=O) groups is 4. The second kappa shape index (κ2) is 10.4. The molecule has 1 aromatic heterocycles. The lowest BCUT2D eigenvalue weighted by Gasteiger charge is -2.25. The number of aromatic nitrogens is 1. The van der Waals surface area contributed by atoms with Gasteiger partial charge in [0.15, 0.2) is 16.6 Å². The van der Waals surface area contributed by atoms with Crippen LogP contribution in [-0.2, 0) is 20.7 Å². The number of benzene rings is 2. The molecule has 4 amide bonds. The fraction of sp³-hybridized carbons (Fsp3) is 0.240. The summed E-state index contributed by atoms with van der Waals surface area (Å²) in [6.07, 6.45) is -0.887. The molecule has 0 bridgehead atoms. The molecule has 196 valence electrons. The zero-order valence-electron chi connectivity index (χ0n) is 20.3. The molecule has 13 heteroatoms. The molecule has 1 unspecified atom stereocenters. The van der Waals surface area contributed by atoms with Crippen LogP contribution in [0.2, 0.25) is 0 Å².